The lowest BCUT2D eigenvalue weighted by molar-refractivity contribution is 0.693. The van der Waals surface area contributed by atoms with E-state index in [-0.39, 0.29) is 0 Å². The second-order valence-electron chi connectivity index (χ2n) is 2.70. The number of rotatable bonds is 4. The Morgan fingerprint density at radius 1 is 1.31 bits per heavy atom. The van der Waals surface area contributed by atoms with Crippen molar-refractivity contribution in [2.45, 2.75) is 6.54 Å². The molecular formula is C9H12Br2N2. The molecule has 0 fully saturated rings. The van der Waals surface area contributed by atoms with Gasteiger partial charge in [-0.15, -0.1) is 0 Å². The Labute approximate surface area is 95.2 Å². The number of benzene rings is 1. The highest BCUT2D eigenvalue weighted by molar-refractivity contribution is 9.11. The van der Waals surface area contributed by atoms with Crippen LogP contribution in [-0.2, 0) is 6.54 Å². The van der Waals surface area contributed by atoms with Crippen molar-refractivity contribution in [3.05, 3.63) is 32.7 Å². The molecule has 0 radical (unpaired) electrons. The van der Waals surface area contributed by atoms with Gasteiger partial charge in [0.2, 0.25) is 0 Å². The second kappa shape index (κ2) is 5.75. The van der Waals surface area contributed by atoms with Crippen LogP contribution in [0.2, 0.25) is 0 Å². The van der Waals surface area contributed by atoms with Crippen LogP contribution in [0.15, 0.2) is 27.1 Å². The quantitative estimate of drug-likeness (QED) is 0.838. The summed E-state index contributed by atoms with van der Waals surface area (Å²) in [5.74, 6) is 0. The number of halogens is 2. The third-order valence-electron chi connectivity index (χ3n) is 1.64. The summed E-state index contributed by atoms with van der Waals surface area (Å²) in [4.78, 5) is 0. The molecule has 0 aliphatic carbocycles. The van der Waals surface area contributed by atoms with Crippen molar-refractivity contribution in [2.24, 2.45) is 5.73 Å². The van der Waals surface area contributed by atoms with Gasteiger partial charge in [-0.3, -0.25) is 0 Å². The molecule has 4 heteroatoms. The van der Waals surface area contributed by atoms with E-state index in [9.17, 15) is 0 Å². The molecule has 0 aliphatic rings. The van der Waals surface area contributed by atoms with Crippen molar-refractivity contribution < 1.29 is 0 Å². The van der Waals surface area contributed by atoms with Gasteiger partial charge in [0.25, 0.3) is 0 Å². The van der Waals surface area contributed by atoms with Gasteiger partial charge >= 0.3 is 0 Å². The standard InChI is InChI=1S/C9H12Br2N2/c10-8-1-2-9(11)7(5-8)6-13-4-3-12/h1-2,5,13H,3-4,6,12H2. The minimum atomic E-state index is 0.672. The fourth-order valence-corrected chi connectivity index (χ4v) is 1.80. The van der Waals surface area contributed by atoms with Gasteiger partial charge in [0.1, 0.15) is 0 Å². The number of nitrogens with one attached hydrogen (secondary N) is 1. The molecule has 1 aromatic carbocycles. The van der Waals surface area contributed by atoms with Crippen LogP contribution in [0.5, 0.6) is 0 Å². The zero-order chi connectivity index (χ0) is 9.68. The van der Waals surface area contributed by atoms with E-state index in [1.54, 1.807) is 0 Å². The first-order valence-electron chi connectivity index (χ1n) is 4.08. The summed E-state index contributed by atoms with van der Waals surface area (Å²) in [6.07, 6.45) is 0. The van der Waals surface area contributed by atoms with Gasteiger partial charge in [-0.2, -0.15) is 0 Å². The highest BCUT2D eigenvalue weighted by Crippen LogP contribution is 2.21. The van der Waals surface area contributed by atoms with Gasteiger partial charge in [0, 0.05) is 28.6 Å². The second-order valence-corrected chi connectivity index (χ2v) is 4.47. The van der Waals surface area contributed by atoms with E-state index in [4.69, 9.17) is 5.73 Å². The Morgan fingerprint density at radius 3 is 2.77 bits per heavy atom. The van der Waals surface area contributed by atoms with Gasteiger partial charge in [-0.05, 0) is 23.8 Å². The molecule has 72 valence electrons. The van der Waals surface area contributed by atoms with Crippen molar-refractivity contribution in [1.82, 2.24) is 5.32 Å². The molecule has 0 spiro atoms. The largest absolute Gasteiger partial charge is 0.329 e. The summed E-state index contributed by atoms with van der Waals surface area (Å²) in [5.41, 5.74) is 6.62. The van der Waals surface area contributed by atoms with Gasteiger partial charge in [-0.1, -0.05) is 31.9 Å². The molecule has 0 heterocycles. The first-order chi connectivity index (χ1) is 6.24. The van der Waals surface area contributed by atoms with E-state index in [2.05, 4.69) is 43.2 Å². The molecular weight excluding hydrogens is 296 g/mol. The number of nitrogens with two attached hydrogens (primary N) is 1. The maximum atomic E-state index is 5.38. The van der Waals surface area contributed by atoms with Crippen molar-refractivity contribution in [1.29, 1.82) is 0 Å². The summed E-state index contributed by atoms with van der Waals surface area (Å²) in [6, 6.07) is 6.13. The zero-order valence-corrected chi connectivity index (χ0v) is 10.4. The molecule has 1 rings (SSSR count). The Kier molecular flexibility index (Phi) is 4.94. The highest BCUT2D eigenvalue weighted by Gasteiger charge is 1.99. The van der Waals surface area contributed by atoms with Crippen LogP contribution < -0.4 is 11.1 Å². The molecule has 2 nitrogen and oxygen atoms in total. The molecule has 0 bridgehead atoms. The van der Waals surface area contributed by atoms with E-state index in [1.807, 2.05) is 12.1 Å². The Hall–Kier alpha value is 0.1000. The maximum Gasteiger partial charge on any atom is 0.0221 e. The normalized spacial score (nSPS) is 10.4. The fourth-order valence-electron chi connectivity index (χ4n) is 1.00. The van der Waals surface area contributed by atoms with E-state index >= 15 is 0 Å². The Bertz CT molecular complexity index is 276. The average Bonchev–Trinajstić information content (AvgIpc) is 2.11. The van der Waals surface area contributed by atoms with E-state index in [1.165, 1.54) is 5.56 Å². The molecule has 0 aliphatic heterocycles. The van der Waals surface area contributed by atoms with Crippen LogP contribution in [0, 0.1) is 0 Å². The summed E-state index contributed by atoms with van der Waals surface area (Å²) >= 11 is 6.92. The van der Waals surface area contributed by atoms with Crippen molar-refractivity contribution >= 4 is 31.9 Å². The average molecular weight is 308 g/mol. The first-order valence-corrected chi connectivity index (χ1v) is 5.67. The SMILES string of the molecule is NCCNCc1cc(Br)ccc1Br. The molecule has 13 heavy (non-hydrogen) atoms. The number of hydrogen-bond acceptors (Lipinski definition) is 2. The van der Waals surface area contributed by atoms with E-state index in [0.717, 1.165) is 22.0 Å². The molecule has 0 aromatic heterocycles. The van der Waals surface area contributed by atoms with Crippen LogP contribution in [0.3, 0.4) is 0 Å². The van der Waals surface area contributed by atoms with Gasteiger partial charge in [-0.25, -0.2) is 0 Å². The monoisotopic (exact) mass is 306 g/mol. The highest BCUT2D eigenvalue weighted by atomic mass is 79.9. The minimum absolute atomic E-state index is 0.672. The Balaban J connectivity index is 2.59. The van der Waals surface area contributed by atoms with Crippen molar-refractivity contribution in [2.75, 3.05) is 13.1 Å². The lowest BCUT2D eigenvalue weighted by Gasteiger charge is -2.06. The molecule has 0 saturated heterocycles. The third-order valence-corrected chi connectivity index (χ3v) is 2.91. The summed E-state index contributed by atoms with van der Waals surface area (Å²) in [6.45, 7) is 2.36. The molecule has 0 atom stereocenters. The summed E-state index contributed by atoms with van der Waals surface area (Å²) in [5, 5.41) is 3.24. The fraction of sp³-hybridized carbons (Fsp3) is 0.333. The smallest absolute Gasteiger partial charge is 0.0221 e. The van der Waals surface area contributed by atoms with Crippen molar-refractivity contribution in [3.8, 4) is 0 Å². The van der Waals surface area contributed by atoms with Crippen LogP contribution in [0.1, 0.15) is 5.56 Å². The Morgan fingerprint density at radius 2 is 2.08 bits per heavy atom. The number of hydrogen-bond donors (Lipinski definition) is 2. The van der Waals surface area contributed by atoms with E-state index in [0.29, 0.717) is 6.54 Å². The topological polar surface area (TPSA) is 38.0 Å². The molecule has 0 amide bonds. The van der Waals surface area contributed by atoms with Crippen LogP contribution in [0.4, 0.5) is 0 Å². The first kappa shape index (κ1) is 11.2. The van der Waals surface area contributed by atoms with Gasteiger partial charge in [0.05, 0.1) is 0 Å². The minimum Gasteiger partial charge on any atom is -0.329 e. The molecule has 3 N–H and O–H groups in total. The predicted molar refractivity (Wildman–Crippen MR) is 62.6 cm³/mol. The van der Waals surface area contributed by atoms with Crippen LogP contribution in [-0.4, -0.2) is 13.1 Å². The molecule has 1 aromatic rings. The zero-order valence-electron chi connectivity index (χ0n) is 7.19. The lowest BCUT2D eigenvalue weighted by Crippen LogP contribution is -2.22. The van der Waals surface area contributed by atoms with Gasteiger partial charge in [0.15, 0.2) is 0 Å². The maximum absolute atomic E-state index is 5.38. The summed E-state index contributed by atoms with van der Waals surface area (Å²) in [7, 11) is 0. The molecule has 0 unspecified atom stereocenters. The van der Waals surface area contributed by atoms with Crippen LogP contribution >= 0.6 is 31.9 Å². The summed E-state index contributed by atoms with van der Waals surface area (Å²) < 4.78 is 2.22. The van der Waals surface area contributed by atoms with Gasteiger partial charge < -0.3 is 11.1 Å². The molecule has 0 saturated carbocycles. The van der Waals surface area contributed by atoms with E-state index < -0.39 is 0 Å². The van der Waals surface area contributed by atoms with Crippen LogP contribution in [0.25, 0.3) is 0 Å². The lowest BCUT2D eigenvalue weighted by atomic mass is 10.2. The third kappa shape index (κ3) is 3.77. The van der Waals surface area contributed by atoms with Crippen molar-refractivity contribution in [3.63, 3.8) is 0 Å². The predicted octanol–water partition coefficient (Wildman–Crippen LogP) is 2.26.